The Bertz CT molecular complexity index is 614. The highest BCUT2D eigenvalue weighted by atomic mass is 19.1. The molecule has 0 amide bonds. The van der Waals surface area contributed by atoms with Crippen molar-refractivity contribution in [1.29, 1.82) is 0 Å². The van der Waals surface area contributed by atoms with E-state index >= 15 is 0 Å². The Morgan fingerprint density at radius 2 is 1.90 bits per heavy atom. The normalized spacial score (nSPS) is 11.9. The fourth-order valence-electron chi connectivity index (χ4n) is 1.79. The molecule has 1 unspecified atom stereocenters. The van der Waals surface area contributed by atoms with Gasteiger partial charge in [-0.3, -0.25) is 4.79 Å². The van der Waals surface area contributed by atoms with Gasteiger partial charge in [0.05, 0.1) is 0 Å². The van der Waals surface area contributed by atoms with Crippen LogP contribution in [-0.2, 0) is 4.79 Å². The number of carboxylic acids is 1. The highest BCUT2D eigenvalue weighted by molar-refractivity contribution is 5.76. The van der Waals surface area contributed by atoms with Crippen molar-refractivity contribution < 1.29 is 23.4 Å². The number of ether oxygens (including phenoxy) is 1. The van der Waals surface area contributed by atoms with Gasteiger partial charge in [-0.05, 0) is 18.2 Å². The van der Waals surface area contributed by atoms with Gasteiger partial charge in [0, 0.05) is 11.6 Å². The van der Waals surface area contributed by atoms with E-state index in [2.05, 4.69) is 0 Å². The van der Waals surface area contributed by atoms with Crippen LogP contribution in [0.4, 0.5) is 8.78 Å². The summed E-state index contributed by atoms with van der Waals surface area (Å²) in [5, 5.41) is 9.16. The van der Waals surface area contributed by atoms with Crippen LogP contribution >= 0.6 is 0 Å². The quantitative estimate of drug-likeness (QED) is 0.913. The van der Waals surface area contributed by atoms with Crippen molar-refractivity contribution in [3.63, 3.8) is 0 Å². The van der Waals surface area contributed by atoms with Gasteiger partial charge in [0.2, 0.25) is 0 Å². The van der Waals surface area contributed by atoms with Crippen LogP contribution in [0.15, 0.2) is 48.5 Å². The maximum atomic E-state index is 13.6. The average Bonchev–Trinajstić information content (AvgIpc) is 2.40. The van der Waals surface area contributed by atoms with Crippen molar-refractivity contribution in [2.45, 2.75) is 5.92 Å². The summed E-state index contributed by atoms with van der Waals surface area (Å²) in [7, 11) is 0. The molecule has 0 saturated heterocycles. The number of halogens is 2. The van der Waals surface area contributed by atoms with Crippen molar-refractivity contribution in [2.75, 3.05) is 6.61 Å². The topological polar surface area (TPSA) is 46.5 Å². The minimum atomic E-state index is -1.20. The molecular formula is C15H12F2O3. The molecular weight excluding hydrogens is 266 g/mol. The first-order valence-electron chi connectivity index (χ1n) is 5.93. The highest BCUT2D eigenvalue weighted by Crippen LogP contribution is 2.21. The molecule has 1 N–H and O–H groups in total. The van der Waals surface area contributed by atoms with E-state index in [4.69, 9.17) is 9.84 Å². The second-order valence-electron chi connectivity index (χ2n) is 4.18. The van der Waals surface area contributed by atoms with Crippen LogP contribution in [0.3, 0.4) is 0 Å². The van der Waals surface area contributed by atoms with E-state index in [0.29, 0.717) is 0 Å². The second-order valence-corrected chi connectivity index (χ2v) is 4.18. The Balaban J connectivity index is 2.15. The van der Waals surface area contributed by atoms with Gasteiger partial charge >= 0.3 is 5.97 Å². The average molecular weight is 278 g/mol. The first-order valence-corrected chi connectivity index (χ1v) is 5.93. The largest absolute Gasteiger partial charge is 0.492 e. The molecule has 3 nitrogen and oxygen atoms in total. The minimum absolute atomic E-state index is 0.0383. The van der Waals surface area contributed by atoms with Crippen LogP contribution in [0.1, 0.15) is 11.5 Å². The van der Waals surface area contributed by atoms with Crippen LogP contribution in [-0.4, -0.2) is 17.7 Å². The number of hydrogen-bond donors (Lipinski definition) is 1. The molecule has 0 aromatic heterocycles. The molecule has 2 aromatic rings. The molecule has 1 atom stereocenters. The lowest BCUT2D eigenvalue weighted by Gasteiger charge is -2.14. The summed E-state index contributed by atoms with van der Waals surface area (Å²) in [6.45, 7) is -0.278. The molecule has 0 heterocycles. The van der Waals surface area contributed by atoms with Gasteiger partial charge in [0.1, 0.15) is 29.9 Å². The lowest BCUT2D eigenvalue weighted by Crippen LogP contribution is -2.20. The first kappa shape index (κ1) is 14.0. The van der Waals surface area contributed by atoms with Crippen LogP contribution in [0.25, 0.3) is 0 Å². The molecule has 2 rings (SSSR count). The second kappa shape index (κ2) is 6.14. The smallest absolute Gasteiger partial charge is 0.314 e. The zero-order valence-electron chi connectivity index (χ0n) is 10.4. The summed E-state index contributed by atoms with van der Waals surface area (Å²) < 4.78 is 31.8. The van der Waals surface area contributed by atoms with Gasteiger partial charge in [-0.2, -0.15) is 0 Å². The van der Waals surface area contributed by atoms with E-state index in [-0.39, 0.29) is 17.9 Å². The van der Waals surface area contributed by atoms with Gasteiger partial charge < -0.3 is 9.84 Å². The van der Waals surface area contributed by atoms with Crippen molar-refractivity contribution >= 4 is 5.97 Å². The molecule has 20 heavy (non-hydrogen) atoms. The molecule has 0 radical (unpaired) electrons. The molecule has 0 aliphatic carbocycles. The Morgan fingerprint density at radius 3 is 2.55 bits per heavy atom. The van der Waals surface area contributed by atoms with E-state index in [9.17, 15) is 13.6 Å². The van der Waals surface area contributed by atoms with E-state index in [1.54, 1.807) is 6.07 Å². The Kier molecular flexibility index (Phi) is 4.30. The van der Waals surface area contributed by atoms with E-state index in [1.807, 2.05) is 0 Å². The summed E-state index contributed by atoms with van der Waals surface area (Å²) in [5.41, 5.74) is 0.0383. The van der Waals surface area contributed by atoms with Crippen molar-refractivity contribution in [3.05, 3.63) is 65.7 Å². The fourth-order valence-corrected chi connectivity index (χ4v) is 1.79. The number of carbonyl (C=O) groups is 1. The van der Waals surface area contributed by atoms with Gasteiger partial charge in [-0.15, -0.1) is 0 Å². The van der Waals surface area contributed by atoms with Gasteiger partial charge in [0.15, 0.2) is 0 Å². The van der Waals surface area contributed by atoms with Gasteiger partial charge in [-0.1, -0.05) is 24.3 Å². The number of aliphatic carboxylic acids is 1. The third kappa shape index (κ3) is 3.32. The van der Waals surface area contributed by atoms with Crippen LogP contribution in [0.5, 0.6) is 5.75 Å². The summed E-state index contributed by atoms with van der Waals surface area (Å²) in [4.78, 5) is 11.2. The standard InChI is InChI=1S/C15H12F2O3/c16-10-4-3-5-11(8-10)20-9-13(15(18)19)12-6-1-2-7-14(12)17/h1-8,13H,9H2,(H,18,19). The molecule has 5 heteroatoms. The van der Waals surface area contributed by atoms with Crippen LogP contribution in [0, 0.1) is 11.6 Å². The monoisotopic (exact) mass is 278 g/mol. The van der Waals surface area contributed by atoms with Gasteiger partial charge in [0.25, 0.3) is 0 Å². The zero-order chi connectivity index (χ0) is 14.5. The molecule has 0 saturated carbocycles. The Morgan fingerprint density at radius 1 is 1.15 bits per heavy atom. The molecule has 0 aliphatic rings. The van der Waals surface area contributed by atoms with Gasteiger partial charge in [-0.25, -0.2) is 8.78 Å². The number of carboxylic acid groups (broad SMARTS) is 1. The van der Waals surface area contributed by atoms with E-state index < -0.39 is 23.5 Å². The lowest BCUT2D eigenvalue weighted by molar-refractivity contribution is -0.139. The minimum Gasteiger partial charge on any atom is -0.492 e. The van der Waals surface area contributed by atoms with Crippen molar-refractivity contribution in [3.8, 4) is 5.75 Å². The van der Waals surface area contributed by atoms with Crippen LogP contribution in [0.2, 0.25) is 0 Å². The number of rotatable bonds is 5. The summed E-state index contributed by atoms with van der Waals surface area (Å²) >= 11 is 0. The maximum Gasteiger partial charge on any atom is 0.314 e. The van der Waals surface area contributed by atoms with Crippen molar-refractivity contribution in [2.24, 2.45) is 0 Å². The zero-order valence-corrected chi connectivity index (χ0v) is 10.4. The third-order valence-corrected chi connectivity index (χ3v) is 2.79. The fraction of sp³-hybridized carbons (Fsp3) is 0.133. The summed E-state index contributed by atoms with van der Waals surface area (Å²) in [5.74, 6) is -3.25. The predicted molar refractivity (Wildman–Crippen MR) is 68.7 cm³/mol. The number of benzene rings is 2. The number of hydrogen-bond acceptors (Lipinski definition) is 2. The molecule has 0 spiro atoms. The molecule has 0 aliphatic heterocycles. The summed E-state index contributed by atoms with van der Waals surface area (Å²) in [6, 6.07) is 10.9. The van der Waals surface area contributed by atoms with E-state index in [0.717, 1.165) is 6.07 Å². The maximum absolute atomic E-state index is 13.6. The Hall–Kier alpha value is -2.43. The van der Waals surface area contributed by atoms with E-state index in [1.165, 1.54) is 36.4 Å². The molecule has 104 valence electrons. The van der Waals surface area contributed by atoms with Crippen molar-refractivity contribution in [1.82, 2.24) is 0 Å². The first-order chi connectivity index (χ1) is 9.58. The summed E-state index contributed by atoms with van der Waals surface area (Å²) in [6.07, 6.45) is 0. The molecule has 2 aromatic carbocycles. The molecule has 0 bridgehead atoms. The lowest BCUT2D eigenvalue weighted by atomic mass is 10.00. The predicted octanol–water partition coefficient (Wildman–Crippen LogP) is 3.21. The Labute approximate surface area is 114 Å². The SMILES string of the molecule is O=C(O)C(COc1cccc(F)c1)c1ccccc1F. The highest BCUT2D eigenvalue weighted by Gasteiger charge is 2.23. The third-order valence-electron chi connectivity index (χ3n) is 2.79. The van der Waals surface area contributed by atoms with Crippen LogP contribution < -0.4 is 4.74 Å². The molecule has 0 fully saturated rings.